The van der Waals surface area contributed by atoms with Crippen LogP contribution in [0.4, 0.5) is 0 Å². The molecule has 0 heterocycles. The lowest BCUT2D eigenvalue weighted by Gasteiger charge is -2.56. The van der Waals surface area contributed by atoms with E-state index in [2.05, 4.69) is 34.6 Å². The van der Waals surface area contributed by atoms with Crippen molar-refractivity contribution in [3.63, 3.8) is 0 Å². The Morgan fingerprint density at radius 2 is 1.42 bits per heavy atom. The Labute approximate surface area is 76.7 Å². The molecule has 0 heteroatoms. The second kappa shape index (κ2) is 2.08. The summed E-state index contributed by atoms with van der Waals surface area (Å²) in [5.41, 5.74) is 1.37. The minimum atomic E-state index is 0.672. The highest BCUT2D eigenvalue weighted by atomic mass is 14.7. The summed E-state index contributed by atoms with van der Waals surface area (Å²) in [6, 6.07) is 0. The van der Waals surface area contributed by atoms with Crippen molar-refractivity contribution in [3.8, 4) is 0 Å². The molecule has 0 nitrogen and oxygen atoms in total. The molecule has 0 saturated heterocycles. The summed E-state index contributed by atoms with van der Waals surface area (Å²) in [7, 11) is 0. The van der Waals surface area contributed by atoms with E-state index >= 15 is 0 Å². The van der Waals surface area contributed by atoms with Gasteiger partial charge in [0.15, 0.2) is 0 Å². The van der Waals surface area contributed by atoms with Gasteiger partial charge in [-0.15, -0.1) is 0 Å². The van der Waals surface area contributed by atoms with Crippen LogP contribution in [0.2, 0.25) is 0 Å². The van der Waals surface area contributed by atoms with Crippen LogP contribution in [-0.2, 0) is 0 Å². The standard InChI is InChI=1S/C12H22/c1-8-6-12(5,10(8)3)11(4)7-9(11)2/h8-10H,6-7H2,1-5H3. The maximum absolute atomic E-state index is 2.52. The minimum absolute atomic E-state index is 0.672. The molecule has 0 spiro atoms. The SMILES string of the molecule is CC1CC(C)(C2(C)CC2C)C1C. The van der Waals surface area contributed by atoms with Crippen LogP contribution < -0.4 is 0 Å². The Kier molecular flexibility index (Phi) is 1.49. The molecule has 12 heavy (non-hydrogen) atoms. The molecule has 0 aromatic heterocycles. The quantitative estimate of drug-likeness (QED) is 0.557. The molecule has 0 N–H and O–H groups in total. The summed E-state index contributed by atoms with van der Waals surface area (Å²) in [6.07, 6.45) is 2.94. The van der Waals surface area contributed by atoms with Gasteiger partial charge in [-0.3, -0.25) is 0 Å². The Morgan fingerprint density at radius 1 is 0.917 bits per heavy atom. The fourth-order valence-electron chi connectivity index (χ4n) is 3.63. The van der Waals surface area contributed by atoms with E-state index in [0.717, 1.165) is 17.8 Å². The maximum atomic E-state index is 2.52. The van der Waals surface area contributed by atoms with Crippen molar-refractivity contribution in [1.82, 2.24) is 0 Å². The van der Waals surface area contributed by atoms with Crippen molar-refractivity contribution in [1.29, 1.82) is 0 Å². The summed E-state index contributed by atoms with van der Waals surface area (Å²) in [5, 5.41) is 0. The molecular formula is C12H22. The number of hydrogen-bond donors (Lipinski definition) is 0. The van der Waals surface area contributed by atoms with Crippen LogP contribution in [0, 0.1) is 28.6 Å². The molecular weight excluding hydrogens is 144 g/mol. The van der Waals surface area contributed by atoms with Crippen LogP contribution in [0.3, 0.4) is 0 Å². The average Bonchev–Trinajstić information content (AvgIpc) is 2.61. The zero-order valence-corrected chi connectivity index (χ0v) is 9.15. The van der Waals surface area contributed by atoms with Gasteiger partial charge in [0.2, 0.25) is 0 Å². The van der Waals surface area contributed by atoms with E-state index < -0.39 is 0 Å². The number of hydrogen-bond acceptors (Lipinski definition) is 0. The van der Waals surface area contributed by atoms with Gasteiger partial charge in [0, 0.05) is 0 Å². The van der Waals surface area contributed by atoms with Crippen LogP contribution in [0.5, 0.6) is 0 Å². The molecule has 0 bridgehead atoms. The van der Waals surface area contributed by atoms with Gasteiger partial charge < -0.3 is 0 Å². The molecule has 0 aliphatic heterocycles. The van der Waals surface area contributed by atoms with Gasteiger partial charge >= 0.3 is 0 Å². The van der Waals surface area contributed by atoms with Gasteiger partial charge in [-0.05, 0) is 41.4 Å². The Hall–Kier alpha value is 0. The third kappa shape index (κ3) is 0.744. The van der Waals surface area contributed by atoms with Crippen molar-refractivity contribution in [2.45, 2.75) is 47.5 Å². The molecule has 2 fully saturated rings. The molecule has 2 aliphatic carbocycles. The van der Waals surface area contributed by atoms with Crippen molar-refractivity contribution in [2.24, 2.45) is 28.6 Å². The summed E-state index contributed by atoms with van der Waals surface area (Å²) in [4.78, 5) is 0. The predicted molar refractivity (Wildman–Crippen MR) is 52.9 cm³/mol. The first-order valence-corrected chi connectivity index (χ1v) is 5.42. The van der Waals surface area contributed by atoms with Crippen LogP contribution in [0.25, 0.3) is 0 Å². The molecule has 0 aromatic rings. The smallest absolute Gasteiger partial charge is 0.0238 e. The van der Waals surface area contributed by atoms with Crippen molar-refractivity contribution < 1.29 is 0 Å². The second-order valence-electron chi connectivity index (χ2n) is 5.91. The highest BCUT2D eigenvalue weighted by molar-refractivity contribution is 5.13. The Morgan fingerprint density at radius 3 is 1.67 bits per heavy atom. The van der Waals surface area contributed by atoms with Crippen molar-refractivity contribution in [3.05, 3.63) is 0 Å². The highest BCUT2D eigenvalue weighted by Gasteiger charge is 2.65. The Bertz CT molecular complexity index is 208. The second-order valence-corrected chi connectivity index (χ2v) is 5.91. The minimum Gasteiger partial charge on any atom is -0.0622 e. The van der Waals surface area contributed by atoms with Gasteiger partial charge in [0.1, 0.15) is 0 Å². The fraction of sp³-hybridized carbons (Fsp3) is 1.00. The van der Waals surface area contributed by atoms with Crippen LogP contribution in [-0.4, -0.2) is 0 Å². The molecule has 5 unspecified atom stereocenters. The zero-order chi connectivity index (χ0) is 9.15. The largest absolute Gasteiger partial charge is 0.0622 e. The molecule has 5 atom stereocenters. The van der Waals surface area contributed by atoms with E-state index in [1.54, 1.807) is 0 Å². The maximum Gasteiger partial charge on any atom is -0.0238 e. The van der Waals surface area contributed by atoms with Gasteiger partial charge in [0.25, 0.3) is 0 Å². The van der Waals surface area contributed by atoms with E-state index in [1.807, 2.05) is 0 Å². The van der Waals surface area contributed by atoms with Gasteiger partial charge in [-0.2, -0.15) is 0 Å². The van der Waals surface area contributed by atoms with Crippen molar-refractivity contribution >= 4 is 0 Å². The summed E-state index contributed by atoms with van der Waals surface area (Å²) in [6.45, 7) is 12.3. The molecule has 0 aromatic carbocycles. The first-order valence-electron chi connectivity index (χ1n) is 5.42. The number of rotatable bonds is 1. The van der Waals surface area contributed by atoms with Crippen LogP contribution >= 0.6 is 0 Å². The molecule has 2 rings (SSSR count). The molecule has 0 radical (unpaired) electrons. The third-order valence-corrected chi connectivity index (χ3v) is 5.57. The first kappa shape index (κ1) is 8.59. The van der Waals surface area contributed by atoms with Gasteiger partial charge in [0.05, 0.1) is 0 Å². The monoisotopic (exact) mass is 166 g/mol. The summed E-state index contributed by atoms with van der Waals surface area (Å²) in [5.74, 6) is 2.91. The van der Waals surface area contributed by atoms with E-state index in [-0.39, 0.29) is 0 Å². The van der Waals surface area contributed by atoms with E-state index in [0.29, 0.717) is 10.8 Å². The van der Waals surface area contributed by atoms with E-state index in [4.69, 9.17) is 0 Å². The van der Waals surface area contributed by atoms with Crippen LogP contribution in [0.15, 0.2) is 0 Å². The summed E-state index contributed by atoms with van der Waals surface area (Å²) >= 11 is 0. The molecule has 0 amide bonds. The predicted octanol–water partition coefficient (Wildman–Crippen LogP) is 3.71. The molecule has 70 valence electrons. The van der Waals surface area contributed by atoms with Crippen LogP contribution in [0.1, 0.15) is 47.5 Å². The first-order chi connectivity index (χ1) is 5.42. The molecule has 2 aliphatic rings. The molecule has 2 saturated carbocycles. The fourth-order valence-corrected chi connectivity index (χ4v) is 3.63. The third-order valence-electron chi connectivity index (χ3n) is 5.57. The zero-order valence-electron chi connectivity index (χ0n) is 9.15. The van der Waals surface area contributed by atoms with Gasteiger partial charge in [-0.1, -0.05) is 34.6 Å². The van der Waals surface area contributed by atoms with E-state index in [1.165, 1.54) is 12.8 Å². The highest BCUT2D eigenvalue weighted by Crippen LogP contribution is 2.72. The average molecular weight is 166 g/mol. The topological polar surface area (TPSA) is 0 Å². The van der Waals surface area contributed by atoms with Gasteiger partial charge in [-0.25, -0.2) is 0 Å². The normalized spacial score (nSPS) is 64.2. The lowest BCUT2D eigenvalue weighted by atomic mass is 9.49. The summed E-state index contributed by atoms with van der Waals surface area (Å²) < 4.78 is 0. The lowest BCUT2D eigenvalue weighted by molar-refractivity contribution is -0.0692. The lowest BCUT2D eigenvalue weighted by Crippen LogP contribution is -2.48. The Balaban J connectivity index is 2.14. The van der Waals surface area contributed by atoms with E-state index in [9.17, 15) is 0 Å². The van der Waals surface area contributed by atoms with Crippen molar-refractivity contribution in [2.75, 3.05) is 0 Å².